The normalized spacial score (nSPS) is 11.9. The second-order valence-electron chi connectivity index (χ2n) is 4.30. The van der Waals surface area contributed by atoms with Gasteiger partial charge in [0, 0.05) is 17.1 Å². The first-order valence-electron chi connectivity index (χ1n) is 6.00. The fourth-order valence-electron chi connectivity index (χ4n) is 1.65. The van der Waals surface area contributed by atoms with Crippen molar-refractivity contribution in [1.82, 2.24) is 0 Å². The Labute approximate surface area is 116 Å². The van der Waals surface area contributed by atoms with E-state index in [-0.39, 0.29) is 22.4 Å². The maximum atomic E-state index is 11.8. The van der Waals surface area contributed by atoms with Crippen LogP contribution in [0.3, 0.4) is 0 Å². The van der Waals surface area contributed by atoms with Crippen molar-refractivity contribution < 1.29 is 14.7 Å². The van der Waals surface area contributed by atoms with E-state index < -0.39 is 5.97 Å². The van der Waals surface area contributed by atoms with Gasteiger partial charge in [0.1, 0.15) is 0 Å². The molecule has 0 heterocycles. The molecule has 1 unspecified atom stereocenters. The number of anilines is 1. The van der Waals surface area contributed by atoms with E-state index in [1.54, 1.807) is 0 Å². The van der Waals surface area contributed by atoms with E-state index in [4.69, 9.17) is 22.4 Å². The van der Waals surface area contributed by atoms with Crippen molar-refractivity contribution in [2.75, 3.05) is 11.9 Å². The van der Waals surface area contributed by atoms with E-state index in [0.717, 1.165) is 6.42 Å². The van der Waals surface area contributed by atoms with Crippen molar-refractivity contribution in [1.29, 1.82) is 0 Å². The van der Waals surface area contributed by atoms with Crippen molar-refractivity contribution in [3.05, 3.63) is 28.8 Å². The van der Waals surface area contributed by atoms with Crippen LogP contribution in [0.4, 0.5) is 5.69 Å². The zero-order chi connectivity index (χ0) is 14.4. The first-order chi connectivity index (χ1) is 8.96. The molecule has 0 bridgehead atoms. The van der Waals surface area contributed by atoms with Gasteiger partial charge in [-0.1, -0.05) is 24.9 Å². The number of carbonyl (C=O) groups excluding carboxylic acids is 1. The minimum atomic E-state index is -1.09. The summed E-state index contributed by atoms with van der Waals surface area (Å²) in [6, 6.07) is 4.21. The van der Waals surface area contributed by atoms with E-state index in [0.29, 0.717) is 18.7 Å². The van der Waals surface area contributed by atoms with Crippen LogP contribution in [0.1, 0.15) is 30.1 Å². The molecule has 1 amide bonds. The number of hydrogen-bond acceptors (Lipinski definition) is 3. The highest BCUT2D eigenvalue weighted by molar-refractivity contribution is 6.31. The van der Waals surface area contributed by atoms with Crippen molar-refractivity contribution in [2.45, 2.75) is 19.8 Å². The Kier molecular flexibility index (Phi) is 5.79. The van der Waals surface area contributed by atoms with Gasteiger partial charge in [0.05, 0.1) is 5.56 Å². The summed E-state index contributed by atoms with van der Waals surface area (Å²) in [6.07, 6.45) is 1.13. The van der Waals surface area contributed by atoms with E-state index in [2.05, 4.69) is 5.32 Å². The molecule has 1 aromatic carbocycles. The van der Waals surface area contributed by atoms with Gasteiger partial charge in [0.15, 0.2) is 0 Å². The number of rotatable bonds is 6. The molecule has 0 saturated heterocycles. The lowest BCUT2D eigenvalue weighted by molar-refractivity contribution is -0.117. The summed E-state index contributed by atoms with van der Waals surface area (Å²) in [5.74, 6) is -1.17. The van der Waals surface area contributed by atoms with Gasteiger partial charge in [0.2, 0.25) is 5.91 Å². The van der Waals surface area contributed by atoms with Gasteiger partial charge < -0.3 is 16.2 Å². The summed E-state index contributed by atoms with van der Waals surface area (Å²) in [4.78, 5) is 22.6. The number of carboxylic acid groups (broad SMARTS) is 1. The number of nitrogens with two attached hydrogens (primary N) is 1. The summed E-state index contributed by atoms with van der Waals surface area (Å²) < 4.78 is 0. The molecule has 0 fully saturated rings. The number of aromatic carboxylic acids is 1. The Hall–Kier alpha value is -1.59. The lowest BCUT2D eigenvalue weighted by Gasteiger charge is -2.12. The Bertz CT molecular complexity index is 473. The van der Waals surface area contributed by atoms with E-state index in [9.17, 15) is 9.59 Å². The lowest BCUT2D eigenvalue weighted by atomic mass is 10.0. The van der Waals surface area contributed by atoms with Crippen LogP contribution < -0.4 is 11.1 Å². The van der Waals surface area contributed by atoms with Crippen molar-refractivity contribution >= 4 is 29.2 Å². The van der Waals surface area contributed by atoms with Crippen LogP contribution in [0.15, 0.2) is 18.2 Å². The van der Waals surface area contributed by atoms with Crippen LogP contribution >= 0.6 is 11.6 Å². The standard InChI is InChI=1S/C13H17ClN2O3/c1-2-8(7-15)3-12(17)16-11-5-9(13(18)19)4-10(14)6-11/h4-6,8H,2-3,7,15H2,1H3,(H,16,17)(H,18,19). The molecule has 0 aromatic heterocycles. The average Bonchev–Trinajstić information content (AvgIpc) is 2.35. The fourth-order valence-corrected chi connectivity index (χ4v) is 1.89. The zero-order valence-corrected chi connectivity index (χ0v) is 11.4. The van der Waals surface area contributed by atoms with Crippen LogP contribution in [0.2, 0.25) is 5.02 Å². The third kappa shape index (κ3) is 4.89. The van der Waals surface area contributed by atoms with Gasteiger partial charge >= 0.3 is 5.97 Å². The number of halogens is 1. The highest BCUT2D eigenvalue weighted by Crippen LogP contribution is 2.20. The van der Waals surface area contributed by atoms with Gasteiger partial charge in [-0.25, -0.2) is 4.79 Å². The van der Waals surface area contributed by atoms with Crippen LogP contribution in [0.25, 0.3) is 0 Å². The van der Waals surface area contributed by atoms with Crippen LogP contribution in [0, 0.1) is 5.92 Å². The van der Waals surface area contributed by atoms with Gasteiger partial charge in [-0.2, -0.15) is 0 Å². The Balaban J connectivity index is 2.76. The first kappa shape index (κ1) is 15.5. The molecular weight excluding hydrogens is 268 g/mol. The maximum absolute atomic E-state index is 11.8. The number of carbonyl (C=O) groups is 2. The summed E-state index contributed by atoms with van der Waals surface area (Å²) in [6.45, 7) is 2.41. The predicted octanol–water partition coefficient (Wildman–Crippen LogP) is 2.35. The molecule has 0 saturated carbocycles. The fraction of sp³-hybridized carbons (Fsp3) is 0.385. The maximum Gasteiger partial charge on any atom is 0.335 e. The molecule has 0 aliphatic carbocycles. The van der Waals surface area contributed by atoms with Gasteiger partial charge in [-0.3, -0.25) is 4.79 Å². The second-order valence-corrected chi connectivity index (χ2v) is 4.73. The molecule has 1 atom stereocenters. The Morgan fingerprint density at radius 2 is 2.11 bits per heavy atom. The van der Waals surface area contributed by atoms with Crippen LogP contribution in [-0.2, 0) is 4.79 Å². The number of benzene rings is 1. The molecule has 0 aliphatic heterocycles. The molecule has 1 aromatic rings. The summed E-state index contributed by atoms with van der Waals surface area (Å²) in [5.41, 5.74) is 5.95. The zero-order valence-electron chi connectivity index (χ0n) is 10.6. The SMILES string of the molecule is CCC(CN)CC(=O)Nc1cc(Cl)cc(C(=O)O)c1. The van der Waals surface area contributed by atoms with Crippen LogP contribution in [-0.4, -0.2) is 23.5 Å². The molecule has 0 radical (unpaired) electrons. The summed E-state index contributed by atoms with van der Waals surface area (Å²) >= 11 is 5.80. The van der Waals surface area contributed by atoms with Gasteiger partial charge in [0.25, 0.3) is 0 Å². The van der Waals surface area contributed by atoms with E-state index >= 15 is 0 Å². The number of amides is 1. The third-order valence-corrected chi connectivity index (χ3v) is 3.03. The predicted molar refractivity (Wildman–Crippen MR) is 74.5 cm³/mol. The largest absolute Gasteiger partial charge is 0.478 e. The smallest absolute Gasteiger partial charge is 0.335 e. The lowest BCUT2D eigenvalue weighted by Crippen LogP contribution is -2.21. The van der Waals surface area contributed by atoms with E-state index in [1.807, 2.05) is 6.92 Å². The molecule has 104 valence electrons. The first-order valence-corrected chi connectivity index (χ1v) is 6.37. The monoisotopic (exact) mass is 284 g/mol. The Morgan fingerprint density at radius 1 is 1.42 bits per heavy atom. The topological polar surface area (TPSA) is 92.4 Å². The average molecular weight is 285 g/mol. The number of carboxylic acids is 1. The molecule has 0 spiro atoms. The number of nitrogens with one attached hydrogen (secondary N) is 1. The third-order valence-electron chi connectivity index (χ3n) is 2.81. The number of hydrogen-bond donors (Lipinski definition) is 3. The van der Waals surface area contributed by atoms with Crippen molar-refractivity contribution in [3.63, 3.8) is 0 Å². The molecule has 19 heavy (non-hydrogen) atoms. The highest BCUT2D eigenvalue weighted by Gasteiger charge is 2.12. The van der Waals surface area contributed by atoms with Crippen LogP contribution in [0.5, 0.6) is 0 Å². The summed E-state index contributed by atoms with van der Waals surface area (Å²) in [5, 5.41) is 11.8. The second kappa shape index (κ2) is 7.11. The van der Waals surface area contributed by atoms with Gasteiger partial charge in [-0.15, -0.1) is 0 Å². The molecule has 0 aliphatic rings. The van der Waals surface area contributed by atoms with Crippen molar-refractivity contribution in [2.24, 2.45) is 11.7 Å². The molecule has 1 rings (SSSR count). The minimum Gasteiger partial charge on any atom is -0.478 e. The molecular formula is C13H17ClN2O3. The molecule has 6 heteroatoms. The molecule has 4 N–H and O–H groups in total. The quantitative estimate of drug-likeness (QED) is 0.747. The Morgan fingerprint density at radius 3 is 2.63 bits per heavy atom. The van der Waals surface area contributed by atoms with Gasteiger partial charge in [-0.05, 0) is 30.7 Å². The van der Waals surface area contributed by atoms with Crippen molar-refractivity contribution in [3.8, 4) is 0 Å². The summed E-state index contributed by atoms with van der Waals surface area (Å²) in [7, 11) is 0. The molecule has 5 nitrogen and oxygen atoms in total. The highest BCUT2D eigenvalue weighted by atomic mass is 35.5. The van der Waals surface area contributed by atoms with E-state index in [1.165, 1.54) is 18.2 Å². The minimum absolute atomic E-state index is 0.0358.